The second-order valence-electron chi connectivity index (χ2n) is 4.94. The highest BCUT2D eigenvalue weighted by atomic mass is 35.7. The number of fused-ring (bicyclic) bond motifs is 1. The number of rotatable bonds is 3. The SMILES string of the molecule is CC1(C)Cc2cccc(CCS(=O)(=O)Cl)c2O1. The number of benzene rings is 1. The van der Waals surface area contributed by atoms with Crippen LogP contribution >= 0.6 is 10.7 Å². The molecule has 1 aromatic rings. The Morgan fingerprint density at radius 2 is 2.12 bits per heavy atom. The maximum absolute atomic E-state index is 11.0. The first-order valence-electron chi connectivity index (χ1n) is 5.49. The van der Waals surface area contributed by atoms with Crippen molar-refractivity contribution < 1.29 is 13.2 Å². The molecule has 0 atom stereocenters. The number of hydrogen-bond acceptors (Lipinski definition) is 3. The zero-order valence-electron chi connectivity index (χ0n) is 9.86. The van der Waals surface area contributed by atoms with Crippen molar-refractivity contribution in [2.45, 2.75) is 32.3 Å². The van der Waals surface area contributed by atoms with Crippen LogP contribution in [-0.4, -0.2) is 19.8 Å². The monoisotopic (exact) mass is 274 g/mol. The maximum atomic E-state index is 11.0. The van der Waals surface area contributed by atoms with Gasteiger partial charge in [-0.25, -0.2) is 8.42 Å². The average Bonchev–Trinajstić information content (AvgIpc) is 2.47. The summed E-state index contributed by atoms with van der Waals surface area (Å²) in [6, 6.07) is 5.84. The number of halogens is 1. The van der Waals surface area contributed by atoms with Gasteiger partial charge in [-0.3, -0.25) is 0 Å². The molecule has 1 heterocycles. The van der Waals surface area contributed by atoms with Gasteiger partial charge in [-0.05, 0) is 31.4 Å². The fourth-order valence-corrected chi connectivity index (χ4v) is 2.80. The van der Waals surface area contributed by atoms with Gasteiger partial charge in [0.1, 0.15) is 11.4 Å². The van der Waals surface area contributed by atoms with E-state index in [2.05, 4.69) is 0 Å². The lowest BCUT2D eigenvalue weighted by Crippen LogP contribution is -2.25. The van der Waals surface area contributed by atoms with Crippen molar-refractivity contribution in [3.63, 3.8) is 0 Å². The van der Waals surface area contributed by atoms with Crippen LogP contribution in [0, 0.1) is 0 Å². The standard InChI is InChI=1S/C12H15ClO3S/c1-12(2)8-10-5-3-4-9(11(10)16-12)6-7-17(13,14)15/h3-5H,6-8H2,1-2H3. The van der Waals surface area contributed by atoms with E-state index in [1.807, 2.05) is 32.0 Å². The highest BCUT2D eigenvalue weighted by Crippen LogP contribution is 2.37. The second kappa shape index (κ2) is 4.18. The zero-order valence-corrected chi connectivity index (χ0v) is 11.4. The third-order valence-electron chi connectivity index (χ3n) is 2.79. The van der Waals surface area contributed by atoms with Crippen LogP contribution in [0.4, 0.5) is 0 Å². The maximum Gasteiger partial charge on any atom is 0.232 e. The predicted molar refractivity (Wildman–Crippen MR) is 68.2 cm³/mol. The van der Waals surface area contributed by atoms with Gasteiger partial charge in [0.2, 0.25) is 9.05 Å². The lowest BCUT2D eigenvalue weighted by Gasteiger charge is -2.18. The highest BCUT2D eigenvalue weighted by molar-refractivity contribution is 8.13. The first-order chi connectivity index (χ1) is 7.77. The van der Waals surface area contributed by atoms with E-state index in [0.29, 0.717) is 6.42 Å². The van der Waals surface area contributed by atoms with E-state index < -0.39 is 9.05 Å². The summed E-state index contributed by atoms with van der Waals surface area (Å²) in [4.78, 5) is 0. The molecule has 0 bridgehead atoms. The largest absolute Gasteiger partial charge is 0.487 e. The number of aryl methyl sites for hydroxylation is 1. The van der Waals surface area contributed by atoms with Crippen molar-refractivity contribution in [1.82, 2.24) is 0 Å². The van der Waals surface area contributed by atoms with Gasteiger partial charge in [0.05, 0.1) is 5.75 Å². The normalized spacial score (nSPS) is 17.6. The number of ether oxygens (including phenoxy) is 1. The molecule has 0 radical (unpaired) electrons. The molecule has 0 aromatic heterocycles. The molecule has 5 heteroatoms. The molecule has 1 aliphatic heterocycles. The van der Waals surface area contributed by atoms with Crippen LogP contribution in [0.1, 0.15) is 25.0 Å². The molecule has 94 valence electrons. The first kappa shape index (κ1) is 12.7. The van der Waals surface area contributed by atoms with Crippen molar-refractivity contribution >= 4 is 19.7 Å². The molecular weight excluding hydrogens is 260 g/mol. The summed E-state index contributed by atoms with van der Waals surface area (Å²) in [5.74, 6) is 0.771. The Morgan fingerprint density at radius 3 is 2.76 bits per heavy atom. The zero-order chi connectivity index (χ0) is 12.7. The van der Waals surface area contributed by atoms with Gasteiger partial charge in [0.15, 0.2) is 0 Å². The van der Waals surface area contributed by atoms with Crippen LogP contribution in [0.3, 0.4) is 0 Å². The number of para-hydroxylation sites is 1. The molecular formula is C12H15ClO3S. The Bertz CT molecular complexity index is 535. The molecule has 1 aliphatic rings. The molecule has 1 aromatic carbocycles. The quantitative estimate of drug-likeness (QED) is 0.796. The molecule has 0 fully saturated rings. The Balaban J connectivity index is 2.24. The molecule has 0 spiro atoms. The van der Waals surface area contributed by atoms with E-state index in [1.165, 1.54) is 0 Å². The topological polar surface area (TPSA) is 43.4 Å². The summed E-state index contributed by atoms with van der Waals surface area (Å²) in [6.45, 7) is 4.05. The van der Waals surface area contributed by atoms with Crippen LogP contribution in [0.2, 0.25) is 0 Å². The first-order valence-corrected chi connectivity index (χ1v) is 7.97. The van der Waals surface area contributed by atoms with Crippen molar-refractivity contribution in [3.05, 3.63) is 29.3 Å². The summed E-state index contributed by atoms with van der Waals surface area (Å²) >= 11 is 0. The van der Waals surface area contributed by atoms with Gasteiger partial charge >= 0.3 is 0 Å². The molecule has 0 saturated heterocycles. The third-order valence-corrected chi connectivity index (χ3v) is 3.94. The summed E-state index contributed by atoms with van der Waals surface area (Å²) in [5, 5.41) is 0. The predicted octanol–water partition coefficient (Wildman–Crippen LogP) is 2.51. The molecule has 17 heavy (non-hydrogen) atoms. The van der Waals surface area contributed by atoms with Crippen molar-refractivity contribution in [1.29, 1.82) is 0 Å². The van der Waals surface area contributed by atoms with E-state index >= 15 is 0 Å². The lowest BCUT2D eigenvalue weighted by molar-refractivity contribution is 0.137. The smallest absolute Gasteiger partial charge is 0.232 e. The van der Waals surface area contributed by atoms with E-state index in [-0.39, 0.29) is 11.4 Å². The minimum atomic E-state index is -3.45. The van der Waals surface area contributed by atoms with Crippen molar-refractivity contribution in [2.24, 2.45) is 0 Å². The Labute approximate surface area is 106 Å². The Morgan fingerprint density at radius 1 is 1.41 bits per heavy atom. The van der Waals surface area contributed by atoms with Crippen LogP contribution in [0.15, 0.2) is 18.2 Å². The van der Waals surface area contributed by atoms with Gasteiger partial charge in [-0.1, -0.05) is 18.2 Å². The van der Waals surface area contributed by atoms with Crippen molar-refractivity contribution in [2.75, 3.05) is 5.75 Å². The minimum absolute atomic E-state index is 0.0607. The van der Waals surface area contributed by atoms with E-state index in [1.54, 1.807) is 0 Å². The average molecular weight is 275 g/mol. The Kier molecular flexibility index (Phi) is 3.12. The minimum Gasteiger partial charge on any atom is -0.487 e. The van der Waals surface area contributed by atoms with Gasteiger partial charge in [0.25, 0.3) is 0 Å². The summed E-state index contributed by atoms with van der Waals surface area (Å²) in [7, 11) is 1.77. The number of hydrogen-bond donors (Lipinski definition) is 0. The summed E-state index contributed by atoms with van der Waals surface area (Å²) in [6.07, 6.45) is 1.24. The van der Waals surface area contributed by atoms with Crippen LogP contribution in [0.5, 0.6) is 5.75 Å². The summed E-state index contributed by atoms with van der Waals surface area (Å²) in [5.41, 5.74) is 1.84. The van der Waals surface area contributed by atoms with Crippen LogP contribution in [-0.2, 0) is 21.9 Å². The van der Waals surface area contributed by atoms with E-state index in [0.717, 1.165) is 23.3 Å². The molecule has 0 aliphatic carbocycles. The summed E-state index contributed by atoms with van der Waals surface area (Å²) < 4.78 is 27.8. The Hall–Kier alpha value is -0.740. The lowest BCUT2D eigenvalue weighted by atomic mass is 10.00. The molecule has 0 unspecified atom stereocenters. The van der Waals surface area contributed by atoms with Crippen LogP contribution < -0.4 is 4.74 Å². The molecule has 0 N–H and O–H groups in total. The van der Waals surface area contributed by atoms with E-state index in [4.69, 9.17) is 15.4 Å². The van der Waals surface area contributed by atoms with Gasteiger partial charge in [-0.2, -0.15) is 0 Å². The van der Waals surface area contributed by atoms with Gasteiger partial charge in [-0.15, -0.1) is 0 Å². The van der Waals surface area contributed by atoms with Crippen molar-refractivity contribution in [3.8, 4) is 5.75 Å². The van der Waals surface area contributed by atoms with Gasteiger partial charge < -0.3 is 4.74 Å². The second-order valence-corrected chi connectivity index (χ2v) is 7.83. The molecule has 0 saturated carbocycles. The fourth-order valence-electron chi connectivity index (χ4n) is 2.11. The third kappa shape index (κ3) is 3.13. The van der Waals surface area contributed by atoms with Gasteiger partial charge in [0, 0.05) is 17.1 Å². The fraction of sp³-hybridized carbons (Fsp3) is 0.500. The molecule has 2 rings (SSSR count). The highest BCUT2D eigenvalue weighted by Gasteiger charge is 2.31. The molecule has 0 amide bonds. The van der Waals surface area contributed by atoms with Crippen LogP contribution in [0.25, 0.3) is 0 Å². The van der Waals surface area contributed by atoms with E-state index in [9.17, 15) is 8.42 Å². The molecule has 3 nitrogen and oxygen atoms in total.